The minimum atomic E-state index is -3.55. The summed E-state index contributed by atoms with van der Waals surface area (Å²) >= 11 is 0. The lowest BCUT2D eigenvalue weighted by Crippen LogP contribution is -2.59. The van der Waals surface area contributed by atoms with Crippen LogP contribution in [-0.2, 0) is 16.8 Å². The van der Waals surface area contributed by atoms with Gasteiger partial charge in [0.25, 0.3) is 10.2 Å². The molecule has 0 atom stereocenters. The molecule has 2 aromatic heterocycles. The van der Waals surface area contributed by atoms with Crippen molar-refractivity contribution in [1.29, 1.82) is 0 Å². The summed E-state index contributed by atoms with van der Waals surface area (Å²) in [6.45, 7) is 4.11. The number of aromatic amines is 1. The van der Waals surface area contributed by atoms with Crippen LogP contribution in [0.15, 0.2) is 42.9 Å². The van der Waals surface area contributed by atoms with E-state index in [-0.39, 0.29) is 5.54 Å². The van der Waals surface area contributed by atoms with Gasteiger partial charge in [0.2, 0.25) is 0 Å². The number of aromatic nitrogens is 3. The summed E-state index contributed by atoms with van der Waals surface area (Å²) < 4.78 is 30.1. The van der Waals surface area contributed by atoms with Gasteiger partial charge in [-0.05, 0) is 31.4 Å². The number of piperazine rings is 1. The van der Waals surface area contributed by atoms with Crippen molar-refractivity contribution in [2.45, 2.75) is 31.8 Å². The van der Waals surface area contributed by atoms with Gasteiger partial charge in [-0.1, -0.05) is 29.8 Å². The van der Waals surface area contributed by atoms with Crippen molar-refractivity contribution in [2.24, 2.45) is 0 Å². The molecule has 1 spiro atoms. The van der Waals surface area contributed by atoms with E-state index in [2.05, 4.69) is 19.9 Å². The van der Waals surface area contributed by atoms with E-state index in [0.717, 1.165) is 35.3 Å². The van der Waals surface area contributed by atoms with E-state index in [9.17, 15) is 8.42 Å². The molecule has 3 heterocycles. The molecular formula is C21H26N6O2S. The maximum absolute atomic E-state index is 13.4. The van der Waals surface area contributed by atoms with Crippen LogP contribution in [0.5, 0.6) is 0 Å². The van der Waals surface area contributed by atoms with E-state index in [1.807, 2.05) is 43.5 Å². The molecule has 1 aliphatic heterocycles. The van der Waals surface area contributed by atoms with Crippen molar-refractivity contribution in [1.82, 2.24) is 23.6 Å². The third-order valence-electron chi connectivity index (χ3n) is 6.25. The summed E-state index contributed by atoms with van der Waals surface area (Å²) in [6.07, 6.45) is 5.17. The Hall–Kier alpha value is -2.49. The van der Waals surface area contributed by atoms with Gasteiger partial charge in [0, 0.05) is 39.4 Å². The van der Waals surface area contributed by atoms with E-state index in [0.29, 0.717) is 26.2 Å². The standard InChI is InChI=1S/C21H26N6O2S/c1-16-3-5-17(6-4-16)13-25(2)30(28,29)27-12-11-26(14-21(27)8-9-21)20-18-7-10-22-19(18)23-15-24-20/h3-7,10,15H,8-9,11-14H2,1-2H3,(H,22,23,24). The molecule has 5 rings (SSSR count). The highest BCUT2D eigenvalue weighted by molar-refractivity contribution is 7.86. The van der Waals surface area contributed by atoms with Crippen LogP contribution in [0.1, 0.15) is 24.0 Å². The van der Waals surface area contributed by atoms with Crippen LogP contribution in [0.25, 0.3) is 11.0 Å². The number of nitrogens with one attached hydrogen (secondary N) is 1. The second-order valence-electron chi connectivity index (χ2n) is 8.40. The lowest BCUT2D eigenvalue weighted by molar-refractivity contribution is 0.250. The first-order valence-electron chi connectivity index (χ1n) is 10.2. The summed E-state index contributed by atoms with van der Waals surface area (Å²) in [5.74, 6) is 0.873. The largest absolute Gasteiger partial charge is 0.353 e. The van der Waals surface area contributed by atoms with E-state index < -0.39 is 10.2 Å². The van der Waals surface area contributed by atoms with Gasteiger partial charge in [0.15, 0.2) is 0 Å². The first-order valence-corrected chi connectivity index (χ1v) is 11.6. The quantitative estimate of drug-likeness (QED) is 0.677. The monoisotopic (exact) mass is 426 g/mol. The van der Waals surface area contributed by atoms with Gasteiger partial charge in [-0.25, -0.2) is 9.97 Å². The predicted molar refractivity (Wildman–Crippen MR) is 116 cm³/mol. The molecule has 1 aliphatic carbocycles. The molecule has 9 heteroatoms. The molecule has 8 nitrogen and oxygen atoms in total. The summed E-state index contributed by atoms with van der Waals surface area (Å²) in [7, 11) is -1.88. The first kappa shape index (κ1) is 19.5. The van der Waals surface area contributed by atoms with E-state index in [1.54, 1.807) is 17.7 Å². The Labute approximate surface area is 176 Å². The molecule has 158 valence electrons. The topological polar surface area (TPSA) is 85.4 Å². The number of benzene rings is 1. The molecule has 1 aromatic carbocycles. The van der Waals surface area contributed by atoms with Crippen LogP contribution in [0.3, 0.4) is 0 Å². The van der Waals surface area contributed by atoms with E-state index in [1.165, 1.54) is 9.87 Å². The molecule has 0 radical (unpaired) electrons. The number of rotatable bonds is 5. The maximum Gasteiger partial charge on any atom is 0.282 e. The van der Waals surface area contributed by atoms with Crippen molar-refractivity contribution in [3.63, 3.8) is 0 Å². The number of nitrogens with zero attached hydrogens (tertiary/aromatic N) is 5. The van der Waals surface area contributed by atoms with Crippen molar-refractivity contribution >= 4 is 27.1 Å². The molecule has 3 aromatic rings. The third-order valence-corrected chi connectivity index (χ3v) is 8.29. The van der Waals surface area contributed by atoms with Crippen molar-refractivity contribution < 1.29 is 8.42 Å². The van der Waals surface area contributed by atoms with Gasteiger partial charge in [0.05, 0.1) is 10.9 Å². The second-order valence-corrected chi connectivity index (χ2v) is 10.4. The van der Waals surface area contributed by atoms with Crippen LogP contribution in [0, 0.1) is 6.92 Å². The highest BCUT2D eigenvalue weighted by Crippen LogP contribution is 2.47. The van der Waals surface area contributed by atoms with Crippen LogP contribution in [0.2, 0.25) is 0 Å². The van der Waals surface area contributed by atoms with Crippen LogP contribution in [-0.4, -0.2) is 64.2 Å². The summed E-state index contributed by atoms with van der Waals surface area (Å²) in [6, 6.07) is 9.98. The van der Waals surface area contributed by atoms with Gasteiger partial charge >= 0.3 is 0 Å². The van der Waals surface area contributed by atoms with Gasteiger partial charge < -0.3 is 9.88 Å². The minimum absolute atomic E-state index is 0.341. The first-order chi connectivity index (χ1) is 14.4. The maximum atomic E-state index is 13.4. The van der Waals surface area contributed by atoms with Crippen LogP contribution in [0.4, 0.5) is 5.82 Å². The number of hydrogen-bond donors (Lipinski definition) is 1. The SMILES string of the molecule is Cc1ccc(CN(C)S(=O)(=O)N2CCN(c3ncnc4[nH]ccc34)CC23CC3)cc1. The fraction of sp³-hybridized carbons (Fsp3) is 0.429. The zero-order valence-electron chi connectivity index (χ0n) is 17.2. The highest BCUT2D eigenvalue weighted by Gasteiger charge is 2.56. The lowest BCUT2D eigenvalue weighted by atomic mass is 10.1. The summed E-state index contributed by atoms with van der Waals surface area (Å²) in [5.41, 5.74) is 2.62. The Morgan fingerprint density at radius 1 is 1.13 bits per heavy atom. The minimum Gasteiger partial charge on any atom is -0.353 e. The molecular weight excluding hydrogens is 400 g/mol. The molecule has 2 fully saturated rings. The van der Waals surface area contributed by atoms with Crippen molar-refractivity contribution in [3.05, 3.63) is 54.0 Å². The molecule has 1 saturated carbocycles. The van der Waals surface area contributed by atoms with Gasteiger partial charge in [-0.3, -0.25) is 0 Å². The second kappa shape index (κ2) is 7.04. The number of anilines is 1. The Balaban J connectivity index is 1.36. The van der Waals surface area contributed by atoms with Gasteiger partial charge in [0.1, 0.15) is 17.8 Å². The van der Waals surface area contributed by atoms with Gasteiger partial charge in [-0.2, -0.15) is 17.0 Å². The van der Waals surface area contributed by atoms with Crippen molar-refractivity contribution in [3.8, 4) is 0 Å². The Morgan fingerprint density at radius 3 is 2.63 bits per heavy atom. The zero-order valence-corrected chi connectivity index (χ0v) is 18.1. The van der Waals surface area contributed by atoms with Crippen LogP contribution < -0.4 is 4.90 Å². The molecule has 30 heavy (non-hydrogen) atoms. The lowest BCUT2D eigenvalue weighted by Gasteiger charge is -2.43. The molecule has 0 unspecified atom stereocenters. The average molecular weight is 427 g/mol. The van der Waals surface area contributed by atoms with E-state index >= 15 is 0 Å². The zero-order chi connectivity index (χ0) is 20.9. The number of H-pyrrole nitrogens is 1. The molecule has 0 bridgehead atoms. The molecule has 1 saturated heterocycles. The fourth-order valence-corrected chi connectivity index (χ4v) is 6.06. The van der Waals surface area contributed by atoms with E-state index in [4.69, 9.17) is 0 Å². The number of hydrogen-bond acceptors (Lipinski definition) is 5. The normalized spacial score (nSPS) is 19.1. The van der Waals surface area contributed by atoms with Crippen molar-refractivity contribution in [2.75, 3.05) is 31.6 Å². The molecule has 0 amide bonds. The molecule has 2 aliphatic rings. The Bertz CT molecular complexity index is 1170. The smallest absolute Gasteiger partial charge is 0.282 e. The number of aryl methyl sites for hydroxylation is 1. The Morgan fingerprint density at radius 2 is 1.90 bits per heavy atom. The predicted octanol–water partition coefficient (Wildman–Crippen LogP) is 2.30. The van der Waals surface area contributed by atoms with Crippen LogP contribution >= 0.6 is 0 Å². The number of fused-ring (bicyclic) bond motifs is 1. The van der Waals surface area contributed by atoms with Gasteiger partial charge in [-0.15, -0.1) is 0 Å². The fourth-order valence-electron chi connectivity index (χ4n) is 4.37. The summed E-state index contributed by atoms with van der Waals surface area (Å²) in [5, 5.41) is 0.973. The summed E-state index contributed by atoms with van der Waals surface area (Å²) in [4.78, 5) is 14.1. The highest BCUT2D eigenvalue weighted by atomic mass is 32.2. The Kier molecular flexibility index (Phi) is 4.57. The molecule has 1 N–H and O–H groups in total. The average Bonchev–Trinajstić information content (AvgIpc) is 3.30. The third kappa shape index (κ3) is 3.27.